The third kappa shape index (κ3) is 3.10. The van der Waals surface area contributed by atoms with Crippen LogP contribution in [-0.4, -0.2) is 16.1 Å². The monoisotopic (exact) mass is 256 g/mol. The molecule has 0 bridgehead atoms. The van der Waals surface area contributed by atoms with Gasteiger partial charge < -0.3 is 10.4 Å². The van der Waals surface area contributed by atoms with E-state index >= 15 is 0 Å². The summed E-state index contributed by atoms with van der Waals surface area (Å²) >= 11 is 0. The number of benzene rings is 1. The minimum Gasteiger partial charge on any atom is -0.478 e. The molecule has 19 heavy (non-hydrogen) atoms. The van der Waals surface area contributed by atoms with Gasteiger partial charge in [0.1, 0.15) is 0 Å². The number of carboxylic acid groups (broad SMARTS) is 1. The second-order valence-corrected chi connectivity index (χ2v) is 4.51. The van der Waals surface area contributed by atoms with Crippen molar-refractivity contribution < 1.29 is 9.90 Å². The molecule has 0 saturated heterocycles. The summed E-state index contributed by atoms with van der Waals surface area (Å²) in [5.41, 5.74) is 4.15. The van der Waals surface area contributed by atoms with Crippen LogP contribution in [0.25, 0.3) is 0 Å². The first-order valence-electron chi connectivity index (χ1n) is 6.05. The van der Waals surface area contributed by atoms with Crippen LogP contribution >= 0.6 is 0 Å². The van der Waals surface area contributed by atoms with Gasteiger partial charge in [-0.25, -0.2) is 4.79 Å². The summed E-state index contributed by atoms with van der Waals surface area (Å²) in [6, 6.07) is 7.20. The third-order valence-electron chi connectivity index (χ3n) is 3.01. The molecule has 0 aliphatic rings. The molecular weight excluding hydrogens is 240 g/mol. The van der Waals surface area contributed by atoms with E-state index in [4.69, 9.17) is 5.11 Å². The van der Waals surface area contributed by atoms with Gasteiger partial charge in [-0.15, -0.1) is 0 Å². The number of aryl methyl sites for hydroxylation is 2. The van der Waals surface area contributed by atoms with Crippen LogP contribution in [0.4, 0.5) is 5.69 Å². The van der Waals surface area contributed by atoms with E-state index in [0.29, 0.717) is 12.2 Å². The molecule has 1 aromatic heterocycles. The fourth-order valence-electron chi connectivity index (χ4n) is 1.88. The van der Waals surface area contributed by atoms with Crippen LogP contribution < -0.4 is 5.32 Å². The van der Waals surface area contributed by atoms with Crippen LogP contribution in [-0.2, 0) is 6.54 Å². The Morgan fingerprint density at radius 1 is 1.32 bits per heavy atom. The predicted molar refractivity (Wildman–Crippen MR) is 74.4 cm³/mol. The fourth-order valence-corrected chi connectivity index (χ4v) is 1.88. The molecule has 0 aliphatic heterocycles. The Labute approximate surface area is 112 Å². The third-order valence-corrected chi connectivity index (χ3v) is 3.01. The Kier molecular flexibility index (Phi) is 3.80. The molecule has 98 valence electrons. The van der Waals surface area contributed by atoms with Gasteiger partial charge in [-0.1, -0.05) is 6.07 Å². The minimum absolute atomic E-state index is 0.289. The average molecular weight is 256 g/mol. The Balaban J connectivity index is 2.22. The molecule has 0 saturated carbocycles. The summed E-state index contributed by atoms with van der Waals surface area (Å²) in [6.45, 7) is 4.50. The van der Waals surface area contributed by atoms with Crippen LogP contribution in [0, 0.1) is 13.8 Å². The van der Waals surface area contributed by atoms with Crippen molar-refractivity contribution in [3.63, 3.8) is 0 Å². The molecule has 4 nitrogen and oxygen atoms in total. The average Bonchev–Trinajstić information content (AvgIpc) is 2.37. The van der Waals surface area contributed by atoms with Gasteiger partial charge in [0.25, 0.3) is 0 Å². The van der Waals surface area contributed by atoms with E-state index in [-0.39, 0.29) is 5.56 Å². The first kappa shape index (κ1) is 13.1. The maximum Gasteiger partial charge on any atom is 0.337 e. The van der Waals surface area contributed by atoms with Crippen LogP contribution in [0.3, 0.4) is 0 Å². The first-order valence-corrected chi connectivity index (χ1v) is 6.05. The lowest BCUT2D eigenvalue weighted by molar-refractivity contribution is 0.0698. The van der Waals surface area contributed by atoms with Crippen molar-refractivity contribution in [1.82, 2.24) is 4.98 Å². The predicted octanol–water partition coefficient (Wildman–Crippen LogP) is 3.01. The summed E-state index contributed by atoms with van der Waals surface area (Å²) in [4.78, 5) is 15.2. The van der Waals surface area contributed by atoms with E-state index in [1.165, 1.54) is 0 Å². The molecule has 1 heterocycles. The number of nitrogens with one attached hydrogen (secondary N) is 1. The molecule has 0 aliphatic carbocycles. The number of carbonyl (C=O) groups is 1. The molecular formula is C15H16N2O2. The maximum atomic E-state index is 11.2. The largest absolute Gasteiger partial charge is 0.478 e. The van der Waals surface area contributed by atoms with E-state index < -0.39 is 5.97 Å². The van der Waals surface area contributed by atoms with Crippen molar-refractivity contribution in [3.05, 3.63) is 58.9 Å². The van der Waals surface area contributed by atoms with Gasteiger partial charge in [0.2, 0.25) is 0 Å². The summed E-state index contributed by atoms with van der Waals surface area (Å²) in [5.74, 6) is -0.922. The van der Waals surface area contributed by atoms with Crippen molar-refractivity contribution in [2.75, 3.05) is 5.32 Å². The normalized spacial score (nSPS) is 10.2. The number of carboxylic acids is 1. The lowest BCUT2D eigenvalue weighted by Gasteiger charge is -2.11. The summed E-state index contributed by atoms with van der Waals surface area (Å²) in [7, 11) is 0. The van der Waals surface area contributed by atoms with Crippen molar-refractivity contribution in [2.45, 2.75) is 20.4 Å². The Hall–Kier alpha value is -2.36. The van der Waals surface area contributed by atoms with Crippen LogP contribution in [0.5, 0.6) is 0 Å². The zero-order valence-electron chi connectivity index (χ0n) is 11.0. The lowest BCUT2D eigenvalue weighted by atomic mass is 10.1. The van der Waals surface area contributed by atoms with Gasteiger partial charge in [-0.2, -0.15) is 0 Å². The molecule has 4 heteroatoms. The molecule has 1 aromatic carbocycles. The Bertz CT molecular complexity index is 609. The second kappa shape index (κ2) is 5.52. The highest BCUT2D eigenvalue weighted by atomic mass is 16.4. The van der Waals surface area contributed by atoms with Crippen LogP contribution in [0.15, 0.2) is 36.7 Å². The number of aromatic nitrogens is 1. The minimum atomic E-state index is -0.922. The lowest BCUT2D eigenvalue weighted by Crippen LogP contribution is -2.07. The smallest absolute Gasteiger partial charge is 0.337 e. The molecule has 0 unspecified atom stereocenters. The van der Waals surface area contributed by atoms with E-state index in [2.05, 4.69) is 10.3 Å². The molecule has 0 atom stereocenters. The van der Waals surface area contributed by atoms with E-state index in [1.807, 2.05) is 26.0 Å². The molecule has 2 N–H and O–H groups in total. The number of hydrogen-bond acceptors (Lipinski definition) is 3. The molecule has 0 amide bonds. The zero-order valence-corrected chi connectivity index (χ0v) is 11.0. The van der Waals surface area contributed by atoms with Crippen molar-refractivity contribution >= 4 is 11.7 Å². The topological polar surface area (TPSA) is 62.2 Å². The summed E-state index contributed by atoms with van der Waals surface area (Å²) < 4.78 is 0. The highest BCUT2D eigenvalue weighted by Crippen LogP contribution is 2.19. The SMILES string of the molecule is Cc1ccc(C(=O)O)c(NCc2ccncc2C)c1. The molecule has 0 spiro atoms. The number of anilines is 1. The van der Waals surface area contributed by atoms with Crippen molar-refractivity contribution in [3.8, 4) is 0 Å². The molecule has 0 radical (unpaired) electrons. The van der Waals surface area contributed by atoms with Gasteiger partial charge in [0.15, 0.2) is 0 Å². The first-order chi connectivity index (χ1) is 9.08. The Morgan fingerprint density at radius 2 is 2.11 bits per heavy atom. The van der Waals surface area contributed by atoms with Gasteiger partial charge in [0.05, 0.1) is 5.56 Å². The van der Waals surface area contributed by atoms with Gasteiger partial charge in [0, 0.05) is 24.6 Å². The van der Waals surface area contributed by atoms with Crippen molar-refractivity contribution in [2.24, 2.45) is 0 Å². The van der Waals surface area contributed by atoms with E-state index in [0.717, 1.165) is 16.7 Å². The van der Waals surface area contributed by atoms with E-state index in [1.54, 1.807) is 24.5 Å². The van der Waals surface area contributed by atoms with Crippen LogP contribution in [0.1, 0.15) is 27.0 Å². The van der Waals surface area contributed by atoms with Crippen LogP contribution in [0.2, 0.25) is 0 Å². The van der Waals surface area contributed by atoms with Gasteiger partial charge in [-0.3, -0.25) is 4.98 Å². The van der Waals surface area contributed by atoms with Gasteiger partial charge in [-0.05, 0) is 48.7 Å². The molecule has 2 rings (SSSR count). The highest BCUT2D eigenvalue weighted by molar-refractivity contribution is 5.94. The fraction of sp³-hybridized carbons (Fsp3) is 0.200. The summed E-state index contributed by atoms with van der Waals surface area (Å²) in [5, 5.41) is 12.3. The molecule has 0 fully saturated rings. The van der Waals surface area contributed by atoms with E-state index in [9.17, 15) is 4.79 Å². The standard InChI is InChI=1S/C15H16N2O2/c1-10-3-4-13(15(18)19)14(7-10)17-9-12-5-6-16-8-11(12)2/h3-8,17H,9H2,1-2H3,(H,18,19). The number of aromatic carboxylic acids is 1. The Morgan fingerprint density at radius 3 is 2.79 bits per heavy atom. The number of pyridine rings is 1. The zero-order chi connectivity index (χ0) is 13.8. The van der Waals surface area contributed by atoms with Crippen molar-refractivity contribution in [1.29, 1.82) is 0 Å². The number of nitrogens with zero attached hydrogens (tertiary/aromatic N) is 1. The number of hydrogen-bond donors (Lipinski definition) is 2. The maximum absolute atomic E-state index is 11.2. The summed E-state index contributed by atoms with van der Waals surface area (Å²) in [6.07, 6.45) is 3.53. The second-order valence-electron chi connectivity index (χ2n) is 4.51. The van der Waals surface area contributed by atoms with Gasteiger partial charge >= 0.3 is 5.97 Å². The highest BCUT2D eigenvalue weighted by Gasteiger charge is 2.09. The molecule has 2 aromatic rings. The number of rotatable bonds is 4. The quantitative estimate of drug-likeness (QED) is 0.882.